The van der Waals surface area contributed by atoms with Crippen molar-refractivity contribution < 1.29 is 0 Å². The molecule has 0 aromatic heterocycles. The van der Waals surface area contributed by atoms with E-state index in [-0.39, 0.29) is 0 Å². The molecule has 0 amide bonds. The lowest BCUT2D eigenvalue weighted by Crippen LogP contribution is -2.37. The molecule has 0 saturated carbocycles. The summed E-state index contributed by atoms with van der Waals surface area (Å²) < 4.78 is 0. The van der Waals surface area contributed by atoms with Crippen molar-refractivity contribution in [1.82, 2.24) is 0 Å². The van der Waals surface area contributed by atoms with E-state index in [1.807, 2.05) is 42.5 Å². The van der Waals surface area contributed by atoms with Gasteiger partial charge in [-0.15, -0.1) is 0 Å². The van der Waals surface area contributed by atoms with Crippen molar-refractivity contribution in [3.63, 3.8) is 0 Å². The Labute approximate surface area is 124 Å². The molecule has 0 fully saturated rings. The summed E-state index contributed by atoms with van der Waals surface area (Å²) in [6.07, 6.45) is 0. The molecular formula is C17H18N2S. The van der Waals surface area contributed by atoms with E-state index in [4.69, 9.17) is 5.73 Å². The first-order valence-electron chi connectivity index (χ1n) is 6.53. The molecule has 2 N–H and O–H groups in total. The van der Waals surface area contributed by atoms with Crippen LogP contribution in [0.15, 0.2) is 54.6 Å². The smallest absolute Gasteiger partial charge is 0.138 e. The number of benzene rings is 2. The first-order chi connectivity index (χ1) is 9.65. The lowest BCUT2D eigenvalue weighted by atomic mass is 9.95. The molecule has 2 rings (SSSR count). The van der Waals surface area contributed by atoms with Crippen LogP contribution in [0.25, 0.3) is 0 Å². The molecule has 0 aliphatic rings. The molecule has 20 heavy (non-hydrogen) atoms. The van der Waals surface area contributed by atoms with Gasteiger partial charge >= 0.3 is 0 Å². The van der Waals surface area contributed by atoms with Crippen LogP contribution in [0.4, 0.5) is 0 Å². The number of nitriles is 1. The fourth-order valence-electron chi connectivity index (χ4n) is 2.01. The lowest BCUT2D eigenvalue weighted by Gasteiger charge is -2.21. The van der Waals surface area contributed by atoms with Gasteiger partial charge in [0.1, 0.15) is 5.54 Å². The van der Waals surface area contributed by atoms with Gasteiger partial charge in [-0.2, -0.15) is 17.0 Å². The average Bonchev–Trinajstić information content (AvgIpc) is 2.50. The highest BCUT2D eigenvalue weighted by Gasteiger charge is 2.26. The summed E-state index contributed by atoms with van der Waals surface area (Å²) in [6, 6.07) is 20.2. The molecule has 0 aliphatic carbocycles. The third-order valence-electron chi connectivity index (χ3n) is 3.34. The number of thioether (sulfide) groups is 1. The Morgan fingerprint density at radius 2 is 1.75 bits per heavy atom. The second kappa shape index (κ2) is 6.60. The van der Waals surface area contributed by atoms with E-state index in [0.29, 0.717) is 5.75 Å². The van der Waals surface area contributed by atoms with Crippen LogP contribution in [0, 0.1) is 18.3 Å². The highest BCUT2D eigenvalue weighted by molar-refractivity contribution is 7.98. The Kier molecular flexibility index (Phi) is 4.84. The maximum atomic E-state index is 9.40. The van der Waals surface area contributed by atoms with E-state index >= 15 is 0 Å². The second-order valence-corrected chi connectivity index (χ2v) is 5.85. The molecule has 0 spiro atoms. The first-order valence-corrected chi connectivity index (χ1v) is 7.69. The summed E-state index contributed by atoms with van der Waals surface area (Å²) in [6.45, 7) is 2.10. The van der Waals surface area contributed by atoms with Crippen molar-refractivity contribution in [3.8, 4) is 6.07 Å². The topological polar surface area (TPSA) is 49.8 Å². The number of nitrogens with zero attached hydrogens (tertiary/aromatic N) is 1. The fourth-order valence-corrected chi connectivity index (χ4v) is 3.21. The van der Waals surface area contributed by atoms with Gasteiger partial charge in [-0.3, -0.25) is 0 Å². The molecule has 1 unspecified atom stereocenters. The number of nitrogens with two attached hydrogens (primary N) is 1. The van der Waals surface area contributed by atoms with Gasteiger partial charge in [0.2, 0.25) is 0 Å². The van der Waals surface area contributed by atoms with Gasteiger partial charge in [0.25, 0.3) is 0 Å². The Bertz CT molecular complexity index is 604. The van der Waals surface area contributed by atoms with Crippen LogP contribution in [0.2, 0.25) is 0 Å². The van der Waals surface area contributed by atoms with E-state index in [1.165, 1.54) is 11.1 Å². The van der Waals surface area contributed by atoms with Crippen LogP contribution in [0.3, 0.4) is 0 Å². The molecule has 0 bridgehead atoms. The van der Waals surface area contributed by atoms with Crippen LogP contribution in [0.5, 0.6) is 0 Å². The molecule has 1 atom stereocenters. The molecule has 102 valence electrons. The quantitative estimate of drug-likeness (QED) is 0.911. The highest BCUT2D eigenvalue weighted by Crippen LogP contribution is 2.25. The molecule has 0 radical (unpaired) electrons. The molecule has 2 aromatic rings. The summed E-state index contributed by atoms with van der Waals surface area (Å²) >= 11 is 1.70. The zero-order chi connectivity index (χ0) is 14.4. The maximum absolute atomic E-state index is 9.40. The van der Waals surface area contributed by atoms with Gasteiger partial charge in [-0.25, -0.2) is 0 Å². The minimum atomic E-state index is -0.922. The van der Waals surface area contributed by atoms with Gasteiger partial charge < -0.3 is 5.73 Å². The minimum absolute atomic E-state index is 0.585. The number of rotatable bonds is 5. The molecule has 0 saturated heterocycles. The molecule has 2 aromatic carbocycles. The largest absolute Gasteiger partial charge is 0.309 e. The number of aryl methyl sites for hydroxylation is 1. The van der Waals surface area contributed by atoms with Crippen molar-refractivity contribution in [1.29, 1.82) is 5.26 Å². The molecule has 2 nitrogen and oxygen atoms in total. The van der Waals surface area contributed by atoms with Crippen molar-refractivity contribution >= 4 is 11.8 Å². The average molecular weight is 282 g/mol. The monoisotopic (exact) mass is 282 g/mol. The van der Waals surface area contributed by atoms with Gasteiger partial charge in [0.15, 0.2) is 0 Å². The number of hydrogen-bond acceptors (Lipinski definition) is 3. The molecule has 0 heterocycles. The summed E-state index contributed by atoms with van der Waals surface area (Å²) in [7, 11) is 0. The van der Waals surface area contributed by atoms with Crippen LogP contribution >= 0.6 is 11.8 Å². The van der Waals surface area contributed by atoms with Crippen molar-refractivity contribution in [2.75, 3.05) is 5.75 Å². The van der Waals surface area contributed by atoms with E-state index in [0.717, 1.165) is 11.3 Å². The first kappa shape index (κ1) is 14.6. The summed E-state index contributed by atoms with van der Waals surface area (Å²) in [5.74, 6) is 1.46. The van der Waals surface area contributed by atoms with Crippen molar-refractivity contribution in [2.45, 2.75) is 18.2 Å². The van der Waals surface area contributed by atoms with Gasteiger partial charge in [-0.05, 0) is 23.6 Å². The third kappa shape index (κ3) is 3.41. The summed E-state index contributed by atoms with van der Waals surface area (Å²) in [5, 5.41) is 9.40. The minimum Gasteiger partial charge on any atom is -0.309 e. The van der Waals surface area contributed by atoms with Crippen molar-refractivity contribution in [3.05, 3.63) is 71.3 Å². The SMILES string of the molecule is Cc1ccccc1CSCC(N)(C#N)c1ccccc1. The van der Waals surface area contributed by atoms with Crippen LogP contribution in [-0.4, -0.2) is 5.75 Å². The van der Waals surface area contributed by atoms with E-state index in [1.54, 1.807) is 11.8 Å². The summed E-state index contributed by atoms with van der Waals surface area (Å²) in [4.78, 5) is 0. The van der Waals surface area contributed by atoms with Crippen LogP contribution in [-0.2, 0) is 11.3 Å². The van der Waals surface area contributed by atoms with Crippen LogP contribution < -0.4 is 5.73 Å². The van der Waals surface area contributed by atoms with Gasteiger partial charge in [-0.1, -0.05) is 54.6 Å². The lowest BCUT2D eigenvalue weighted by molar-refractivity contribution is 0.659. The fraction of sp³-hybridized carbons (Fsp3) is 0.235. The predicted molar refractivity (Wildman–Crippen MR) is 85.3 cm³/mol. The Hall–Kier alpha value is -1.76. The molecule has 3 heteroatoms. The van der Waals surface area contributed by atoms with Gasteiger partial charge in [0.05, 0.1) is 6.07 Å². The van der Waals surface area contributed by atoms with E-state index < -0.39 is 5.54 Å². The van der Waals surface area contributed by atoms with Crippen LogP contribution in [0.1, 0.15) is 16.7 Å². The van der Waals surface area contributed by atoms with E-state index in [2.05, 4.69) is 25.1 Å². The van der Waals surface area contributed by atoms with Crippen molar-refractivity contribution in [2.24, 2.45) is 5.73 Å². The summed E-state index contributed by atoms with van der Waals surface area (Å²) in [5.41, 5.74) is 8.77. The Balaban J connectivity index is 2.02. The predicted octanol–water partition coefficient (Wildman–Crippen LogP) is 3.61. The highest BCUT2D eigenvalue weighted by atomic mass is 32.2. The normalized spacial score (nSPS) is 13.4. The molecule has 0 aliphatic heterocycles. The standard InChI is InChI=1S/C17H18N2S/c1-14-7-5-6-8-15(14)11-20-13-17(19,12-18)16-9-3-2-4-10-16/h2-10H,11,13,19H2,1H3. The Morgan fingerprint density at radius 3 is 2.40 bits per heavy atom. The third-order valence-corrected chi connectivity index (χ3v) is 4.51. The Morgan fingerprint density at radius 1 is 1.10 bits per heavy atom. The van der Waals surface area contributed by atoms with Gasteiger partial charge in [0, 0.05) is 11.5 Å². The zero-order valence-corrected chi connectivity index (χ0v) is 12.4. The molecular weight excluding hydrogens is 264 g/mol. The van der Waals surface area contributed by atoms with E-state index in [9.17, 15) is 5.26 Å². The zero-order valence-electron chi connectivity index (χ0n) is 11.5. The number of hydrogen-bond donors (Lipinski definition) is 1. The second-order valence-electron chi connectivity index (χ2n) is 4.87. The maximum Gasteiger partial charge on any atom is 0.138 e.